The van der Waals surface area contributed by atoms with Crippen LogP contribution in [0.25, 0.3) is 0 Å². The van der Waals surface area contributed by atoms with E-state index in [0.29, 0.717) is 22.9 Å². The van der Waals surface area contributed by atoms with Crippen molar-refractivity contribution in [3.05, 3.63) is 28.8 Å². The Morgan fingerprint density at radius 3 is 2.81 bits per heavy atom. The highest BCUT2D eigenvalue weighted by atomic mass is 35.5. The number of rotatable bonds is 4. The van der Waals surface area contributed by atoms with Gasteiger partial charge in [-0.3, -0.25) is 5.41 Å². The lowest BCUT2D eigenvalue weighted by Crippen LogP contribution is -2.15. The van der Waals surface area contributed by atoms with Gasteiger partial charge in [0, 0.05) is 0 Å². The molecule has 1 rings (SSSR count). The molecule has 16 heavy (non-hydrogen) atoms. The number of methoxy groups -OCH3 is 1. The van der Waals surface area contributed by atoms with Crippen molar-refractivity contribution in [2.75, 3.05) is 13.7 Å². The molecule has 0 bridgehead atoms. The van der Waals surface area contributed by atoms with Crippen LogP contribution in [-0.2, 0) is 4.74 Å². The Kier molecular flexibility index (Phi) is 4.58. The molecule has 0 aromatic heterocycles. The normalized spacial score (nSPS) is 12.0. The maximum absolute atomic E-state index is 9.90. The van der Waals surface area contributed by atoms with Crippen LogP contribution in [0.2, 0.25) is 5.02 Å². The molecular formula is C11H14ClNO3. The molecule has 2 N–H and O–H groups in total. The van der Waals surface area contributed by atoms with Gasteiger partial charge in [0.05, 0.1) is 24.3 Å². The molecule has 0 fully saturated rings. The van der Waals surface area contributed by atoms with Gasteiger partial charge in [-0.1, -0.05) is 17.7 Å². The Bertz CT molecular complexity index is 381. The van der Waals surface area contributed by atoms with Gasteiger partial charge in [0.1, 0.15) is 5.75 Å². The lowest BCUT2D eigenvalue weighted by molar-refractivity contribution is 0.187. The molecule has 1 aromatic rings. The summed E-state index contributed by atoms with van der Waals surface area (Å²) in [5.41, 5.74) is 0.352. The maximum atomic E-state index is 9.90. The summed E-state index contributed by atoms with van der Waals surface area (Å²) in [5.74, 6) is 0.193. The van der Waals surface area contributed by atoms with Crippen LogP contribution >= 0.6 is 11.6 Å². The molecule has 88 valence electrons. The lowest BCUT2D eigenvalue weighted by Gasteiger charge is -2.16. The van der Waals surface area contributed by atoms with E-state index in [-0.39, 0.29) is 5.90 Å². The number of aliphatic hydroxyl groups excluding tert-OH is 1. The molecule has 0 spiro atoms. The minimum absolute atomic E-state index is 0.242. The van der Waals surface area contributed by atoms with Gasteiger partial charge in [0.2, 0.25) is 5.90 Å². The van der Waals surface area contributed by atoms with Crippen LogP contribution in [0.3, 0.4) is 0 Å². The summed E-state index contributed by atoms with van der Waals surface area (Å²) in [5, 5.41) is 17.8. The summed E-state index contributed by atoms with van der Waals surface area (Å²) in [6, 6.07) is 5.01. The molecule has 0 saturated heterocycles. The van der Waals surface area contributed by atoms with Gasteiger partial charge in [0.25, 0.3) is 0 Å². The lowest BCUT2D eigenvalue weighted by atomic mass is 10.1. The molecule has 5 heteroatoms. The predicted molar refractivity (Wildman–Crippen MR) is 62.3 cm³/mol. The number of hydrogen-bond acceptors (Lipinski definition) is 4. The van der Waals surface area contributed by atoms with E-state index in [2.05, 4.69) is 0 Å². The maximum Gasteiger partial charge on any atom is 0.215 e. The van der Waals surface area contributed by atoms with Crippen molar-refractivity contribution in [1.29, 1.82) is 5.41 Å². The third-order valence-electron chi connectivity index (χ3n) is 2.05. The van der Waals surface area contributed by atoms with Crippen molar-refractivity contribution in [3.8, 4) is 5.75 Å². The van der Waals surface area contributed by atoms with Crippen molar-refractivity contribution in [1.82, 2.24) is 0 Å². The van der Waals surface area contributed by atoms with E-state index in [9.17, 15) is 5.11 Å². The van der Waals surface area contributed by atoms with Gasteiger partial charge < -0.3 is 14.6 Å². The smallest absolute Gasteiger partial charge is 0.215 e. The molecule has 0 unspecified atom stereocenters. The Morgan fingerprint density at radius 1 is 1.56 bits per heavy atom. The van der Waals surface area contributed by atoms with Crippen LogP contribution < -0.4 is 4.74 Å². The van der Waals surface area contributed by atoms with Gasteiger partial charge >= 0.3 is 0 Å². The van der Waals surface area contributed by atoms with Crippen molar-refractivity contribution in [3.63, 3.8) is 0 Å². The zero-order valence-electron chi connectivity index (χ0n) is 9.16. The average molecular weight is 244 g/mol. The molecule has 1 atom stereocenters. The Morgan fingerprint density at radius 2 is 2.25 bits per heavy atom. The summed E-state index contributed by atoms with van der Waals surface area (Å²) in [6.45, 7) is 2.06. The summed E-state index contributed by atoms with van der Waals surface area (Å²) < 4.78 is 10.0. The van der Waals surface area contributed by atoms with E-state index < -0.39 is 6.10 Å². The van der Waals surface area contributed by atoms with Gasteiger partial charge in [-0.15, -0.1) is 0 Å². The Balaban J connectivity index is 3.06. The van der Waals surface area contributed by atoms with Crippen LogP contribution in [0.4, 0.5) is 0 Å². The van der Waals surface area contributed by atoms with Gasteiger partial charge in [-0.05, 0) is 19.1 Å². The van der Waals surface area contributed by atoms with Crippen LogP contribution in [0.15, 0.2) is 18.2 Å². The highest BCUT2D eigenvalue weighted by Gasteiger charge is 2.22. The zero-order valence-corrected chi connectivity index (χ0v) is 9.91. The van der Waals surface area contributed by atoms with E-state index in [0.717, 1.165) is 0 Å². The first-order valence-electron chi connectivity index (χ1n) is 4.83. The van der Waals surface area contributed by atoms with Crippen LogP contribution in [-0.4, -0.2) is 24.7 Å². The first-order chi connectivity index (χ1) is 7.61. The van der Waals surface area contributed by atoms with Crippen LogP contribution in [0, 0.1) is 5.41 Å². The van der Waals surface area contributed by atoms with Crippen molar-refractivity contribution >= 4 is 17.5 Å². The number of aliphatic hydroxyl groups is 1. The van der Waals surface area contributed by atoms with E-state index in [1.807, 2.05) is 0 Å². The van der Waals surface area contributed by atoms with Gasteiger partial charge in [-0.25, -0.2) is 0 Å². The molecule has 0 saturated carbocycles. The van der Waals surface area contributed by atoms with E-state index in [1.54, 1.807) is 25.1 Å². The number of benzene rings is 1. The van der Waals surface area contributed by atoms with Crippen molar-refractivity contribution < 1.29 is 14.6 Å². The molecule has 0 aliphatic rings. The minimum Gasteiger partial charge on any atom is -0.496 e. The van der Waals surface area contributed by atoms with E-state index in [4.69, 9.17) is 26.5 Å². The average Bonchev–Trinajstić information content (AvgIpc) is 2.28. The van der Waals surface area contributed by atoms with Crippen LogP contribution in [0.1, 0.15) is 18.6 Å². The minimum atomic E-state index is -1.21. The third kappa shape index (κ3) is 2.65. The third-order valence-corrected chi connectivity index (χ3v) is 2.38. The fraction of sp³-hybridized carbons (Fsp3) is 0.364. The number of hydrogen-bond donors (Lipinski definition) is 2. The number of nitrogens with one attached hydrogen (secondary N) is 1. The molecule has 0 radical (unpaired) electrons. The second-order valence-electron chi connectivity index (χ2n) is 3.06. The number of halogens is 1. The highest BCUT2D eigenvalue weighted by Crippen LogP contribution is 2.32. The van der Waals surface area contributed by atoms with E-state index in [1.165, 1.54) is 7.11 Å². The summed E-state index contributed by atoms with van der Waals surface area (Å²) >= 11 is 5.96. The summed E-state index contributed by atoms with van der Waals surface area (Å²) in [4.78, 5) is 0. The Hall–Kier alpha value is -1.26. The zero-order chi connectivity index (χ0) is 12.1. The van der Waals surface area contributed by atoms with Gasteiger partial charge in [0.15, 0.2) is 6.10 Å². The quantitative estimate of drug-likeness (QED) is 0.631. The molecule has 4 nitrogen and oxygen atoms in total. The fourth-order valence-electron chi connectivity index (χ4n) is 1.33. The number of ether oxygens (including phenoxy) is 2. The fourth-order valence-corrected chi connectivity index (χ4v) is 1.60. The molecule has 0 heterocycles. The first-order valence-corrected chi connectivity index (χ1v) is 5.21. The predicted octanol–water partition coefficient (Wildman–Crippen LogP) is 2.40. The SMILES string of the molecule is CCOC(=N)[C@H](O)c1c(Cl)cccc1OC. The molecule has 0 aliphatic heterocycles. The highest BCUT2D eigenvalue weighted by molar-refractivity contribution is 6.31. The first kappa shape index (κ1) is 12.8. The van der Waals surface area contributed by atoms with Gasteiger partial charge in [-0.2, -0.15) is 0 Å². The molecule has 1 aromatic carbocycles. The van der Waals surface area contributed by atoms with Crippen molar-refractivity contribution in [2.45, 2.75) is 13.0 Å². The van der Waals surface area contributed by atoms with Crippen LogP contribution in [0.5, 0.6) is 5.75 Å². The Labute approximate surface area is 99.3 Å². The monoisotopic (exact) mass is 243 g/mol. The molecular weight excluding hydrogens is 230 g/mol. The summed E-state index contributed by atoms with van der Waals surface area (Å²) in [6.07, 6.45) is -1.21. The second kappa shape index (κ2) is 5.72. The van der Waals surface area contributed by atoms with Crippen molar-refractivity contribution in [2.24, 2.45) is 0 Å². The largest absolute Gasteiger partial charge is 0.496 e. The van der Waals surface area contributed by atoms with E-state index >= 15 is 0 Å². The topological polar surface area (TPSA) is 62.5 Å². The molecule has 0 amide bonds. The second-order valence-corrected chi connectivity index (χ2v) is 3.46. The summed E-state index contributed by atoms with van der Waals surface area (Å²) in [7, 11) is 1.48. The molecule has 0 aliphatic carbocycles. The standard InChI is InChI=1S/C11H14ClNO3/c1-3-16-11(13)10(14)9-7(12)5-4-6-8(9)15-2/h4-6,10,13-14H,3H2,1-2H3/t10-/m1/s1.